The molecule has 0 bridgehead atoms. The first-order valence-corrected chi connectivity index (χ1v) is 14.3. The van der Waals surface area contributed by atoms with Crippen molar-refractivity contribution in [3.05, 3.63) is 70.8 Å². The van der Waals surface area contributed by atoms with Crippen molar-refractivity contribution >= 4 is 34.1 Å². The number of hydrogen-bond acceptors (Lipinski definition) is 8. The zero-order chi connectivity index (χ0) is 28.0. The van der Waals surface area contributed by atoms with E-state index in [1.54, 1.807) is 12.4 Å². The van der Waals surface area contributed by atoms with Gasteiger partial charge in [-0.05, 0) is 62.4 Å². The second-order valence-corrected chi connectivity index (χ2v) is 12.3. The van der Waals surface area contributed by atoms with E-state index >= 15 is 0 Å². The van der Waals surface area contributed by atoms with Gasteiger partial charge >= 0.3 is 0 Å². The number of morpholine rings is 1. The van der Waals surface area contributed by atoms with Crippen LogP contribution in [0.3, 0.4) is 0 Å². The zero-order valence-electron chi connectivity index (χ0n) is 23.8. The first-order chi connectivity index (χ1) is 19.1. The van der Waals surface area contributed by atoms with Crippen molar-refractivity contribution in [3.63, 3.8) is 0 Å². The summed E-state index contributed by atoms with van der Waals surface area (Å²) in [5.74, 6) is 1.43. The third kappa shape index (κ3) is 5.54. The van der Waals surface area contributed by atoms with Crippen LogP contribution in [0.4, 0.5) is 11.5 Å². The fourth-order valence-corrected chi connectivity index (χ4v) is 6.50. The molecule has 2 aliphatic rings. The normalized spacial score (nSPS) is 21.4. The van der Waals surface area contributed by atoms with E-state index < -0.39 is 0 Å². The number of nitrogens with zero attached hydrogens (tertiary/aromatic N) is 6. The monoisotopic (exact) mass is 557 g/mol. The highest BCUT2D eigenvalue weighted by Gasteiger charge is 2.30. The summed E-state index contributed by atoms with van der Waals surface area (Å²) in [6.45, 7) is 13.1. The molecule has 4 aromatic rings. The average molecular weight is 558 g/mol. The maximum Gasteiger partial charge on any atom is 0.160 e. The van der Waals surface area contributed by atoms with Gasteiger partial charge in [-0.3, -0.25) is 9.88 Å². The van der Waals surface area contributed by atoms with E-state index in [-0.39, 0.29) is 17.6 Å². The minimum absolute atomic E-state index is 0.104. The van der Waals surface area contributed by atoms with Crippen molar-refractivity contribution in [2.75, 3.05) is 32.0 Å². The molecule has 0 unspecified atom stereocenters. The van der Waals surface area contributed by atoms with E-state index in [2.05, 4.69) is 73.0 Å². The maximum absolute atomic E-state index is 6.47. The molecule has 0 aliphatic carbocycles. The summed E-state index contributed by atoms with van der Waals surface area (Å²) in [5, 5.41) is 4.17. The molecular formula is C31H36ClN7O. The van der Waals surface area contributed by atoms with Crippen molar-refractivity contribution in [1.29, 1.82) is 0 Å². The quantitative estimate of drug-likeness (QED) is 0.329. The molecule has 8 nitrogen and oxygen atoms in total. The maximum atomic E-state index is 6.47. The lowest BCUT2D eigenvalue weighted by molar-refractivity contribution is -0.0710. The number of anilines is 2. The number of benzene rings is 1. The highest BCUT2D eigenvalue weighted by atomic mass is 35.5. The lowest BCUT2D eigenvalue weighted by Gasteiger charge is -2.38. The molecule has 5 heterocycles. The summed E-state index contributed by atoms with van der Waals surface area (Å²) in [6.07, 6.45) is 3.86. The van der Waals surface area contributed by atoms with Gasteiger partial charge in [0.05, 0.1) is 35.0 Å². The van der Waals surface area contributed by atoms with Crippen molar-refractivity contribution in [3.8, 4) is 11.3 Å². The van der Waals surface area contributed by atoms with Crippen LogP contribution in [-0.4, -0.2) is 68.6 Å². The molecule has 1 fully saturated rings. The number of fused-ring (bicyclic) bond motifs is 2. The van der Waals surface area contributed by atoms with E-state index in [1.165, 1.54) is 11.1 Å². The molecule has 9 heteroatoms. The van der Waals surface area contributed by atoms with Gasteiger partial charge in [-0.1, -0.05) is 31.5 Å². The van der Waals surface area contributed by atoms with Crippen molar-refractivity contribution in [2.24, 2.45) is 0 Å². The summed E-state index contributed by atoms with van der Waals surface area (Å²) in [7, 11) is 2.18. The topological polar surface area (TPSA) is 79.3 Å². The van der Waals surface area contributed by atoms with Gasteiger partial charge in [0.2, 0.25) is 0 Å². The van der Waals surface area contributed by atoms with Gasteiger partial charge in [-0.2, -0.15) is 0 Å². The summed E-state index contributed by atoms with van der Waals surface area (Å²) < 4.78 is 5.94. The van der Waals surface area contributed by atoms with Gasteiger partial charge < -0.3 is 15.0 Å². The second-order valence-electron chi connectivity index (χ2n) is 11.9. The number of halogens is 1. The number of pyridine rings is 2. The van der Waals surface area contributed by atoms with Crippen LogP contribution in [0.25, 0.3) is 22.3 Å². The Bertz CT molecular complexity index is 1550. The Labute approximate surface area is 240 Å². The molecule has 2 aliphatic heterocycles. The van der Waals surface area contributed by atoms with E-state index in [1.807, 2.05) is 18.2 Å². The van der Waals surface area contributed by atoms with E-state index in [0.717, 1.165) is 48.8 Å². The minimum atomic E-state index is 0.104. The van der Waals surface area contributed by atoms with Crippen LogP contribution < -0.4 is 5.32 Å². The van der Waals surface area contributed by atoms with E-state index in [9.17, 15) is 0 Å². The number of hydrogen-bond donors (Lipinski definition) is 1. The lowest BCUT2D eigenvalue weighted by atomic mass is 9.78. The molecule has 6 rings (SSSR count). The van der Waals surface area contributed by atoms with Gasteiger partial charge in [0, 0.05) is 55.2 Å². The molecule has 1 N–H and O–H groups in total. The van der Waals surface area contributed by atoms with Crippen LogP contribution in [-0.2, 0) is 23.2 Å². The second kappa shape index (κ2) is 10.7. The molecule has 40 heavy (non-hydrogen) atoms. The number of ether oxygens (including phenoxy) is 1. The Morgan fingerprint density at radius 1 is 1.07 bits per heavy atom. The minimum Gasteiger partial charge on any atom is -0.373 e. The van der Waals surface area contributed by atoms with Gasteiger partial charge in [0.25, 0.3) is 0 Å². The first-order valence-electron chi connectivity index (χ1n) is 13.9. The molecular weight excluding hydrogens is 522 g/mol. The fraction of sp³-hybridized carbons (Fsp3) is 0.419. The van der Waals surface area contributed by atoms with Gasteiger partial charge in [-0.15, -0.1) is 0 Å². The predicted octanol–water partition coefficient (Wildman–Crippen LogP) is 5.82. The smallest absolute Gasteiger partial charge is 0.160 e. The predicted molar refractivity (Wildman–Crippen MR) is 160 cm³/mol. The molecule has 0 radical (unpaired) electrons. The highest BCUT2D eigenvalue weighted by molar-refractivity contribution is 6.33. The van der Waals surface area contributed by atoms with Crippen LogP contribution in [0.15, 0.2) is 48.8 Å². The largest absolute Gasteiger partial charge is 0.373 e. The molecule has 3 aromatic heterocycles. The molecule has 1 aromatic carbocycles. The summed E-state index contributed by atoms with van der Waals surface area (Å²) in [4.78, 5) is 24.0. The standard InChI is InChI=1S/C31H36ClN7O/c1-19-14-39(15-20(2)40-19)17-27-36-26-12-21(28-25(32)7-6-10-33-28)13-34-29(26)30(37-27)35-23-8-9-24-22(11-23)16-38(5)18-31(24,3)4/h6-13,19-20H,14-18H2,1-5H3,(H,35,36,37)/t19-,20+. The molecule has 0 spiro atoms. The van der Waals surface area contributed by atoms with Gasteiger partial charge in [0.1, 0.15) is 11.3 Å². The number of aromatic nitrogens is 4. The number of rotatable bonds is 5. The summed E-state index contributed by atoms with van der Waals surface area (Å²) >= 11 is 6.47. The molecule has 208 valence electrons. The van der Waals surface area contributed by atoms with Crippen LogP contribution in [0.1, 0.15) is 44.6 Å². The Hall–Kier alpha value is -3.17. The van der Waals surface area contributed by atoms with Crippen LogP contribution in [0.2, 0.25) is 5.02 Å². The molecule has 1 saturated heterocycles. The highest BCUT2D eigenvalue weighted by Crippen LogP contribution is 2.35. The van der Waals surface area contributed by atoms with Crippen molar-refractivity contribution in [2.45, 2.75) is 58.4 Å². The zero-order valence-corrected chi connectivity index (χ0v) is 24.5. The van der Waals surface area contributed by atoms with E-state index in [4.69, 9.17) is 31.3 Å². The van der Waals surface area contributed by atoms with Gasteiger partial charge in [-0.25, -0.2) is 15.0 Å². The Balaban J connectivity index is 1.40. The fourth-order valence-electron chi connectivity index (χ4n) is 6.27. The van der Waals surface area contributed by atoms with Crippen molar-refractivity contribution < 1.29 is 4.74 Å². The SMILES string of the molecule is C[C@@H]1CN(Cc2nc(Nc3ccc4c(c3)CN(C)CC4(C)C)c3ncc(-c4ncccc4Cl)cc3n2)C[C@H](C)O1. The third-order valence-corrected chi connectivity index (χ3v) is 7.98. The van der Waals surface area contributed by atoms with Gasteiger partial charge in [0.15, 0.2) is 5.82 Å². The molecule has 2 atom stereocenters. The Morgan fingerprint density at radius 3 is 2.65 bits per heavy atom. The average Bonchev–Trinajstić information content (AvgIpc) is 2.87. The summed E-state index contributed by atoms with van der Waals surface area (Å²) in [6, 6.07) is 12.3. The first kappa shape index (κ1) is 27.0. The van der Waals surface area contributed by atoms with Crippen LogP contribution in [0, 0.1) is 0 Å². The Kier molecular flexibility index (Phi) is 7.21. The lowest BCUT2D eigenvalue weighted by Crippen LogP contribution is -2.45. The number of likely N-dealkylation sites (N-methyl/N-ethyl adjacent to an activating group) is 1. The molecule has 0 saturated carbocycles. The van der Waals surface area contributed by atoms with E-state index in [0.29, 0.717) is 28.6 Å². The third-order valence-electron chi connectivity index (χ3n) is 7.68. The molecule has 0 amide bonds. The van der Waals surface area contributed by atoms with Crippen LogP contribution >= 0.6 is 11.6 Å². The summed E-state index contributed by atoms with van der Waals surface area (Å²) in [5.41, 5.74) is 6.79. The number of nitrogens with one attached hydrogen (secondary N) is 1. The van der Waals surface area contributed by atoms with Crippen molar-refractivity contribution in [1.82, 2.24) is 29.7 Å². The Morgan fingerprint density at radius 2 is 1.88 bits per heavy atom. The van der Waals surface area contributed by atoms with Crippen LogP contribution in [0.5, 0.6) is 0 Å².